The summed E-state index contributed by atoms with van der Waals surface area (Å²) >= 11 is 0. The molecule has 206 valence electrons. The first-order valence-corrected chi connectivity index (χ1v) is 13.9. The van der Waals surface area contributed by atoms with Gasteiger partial charge in [0.15, 0.2) is 0 Å². The van der Waals surface area contributed by atoms with Gasteiger partial charge < -0.3 is 19.7 Å². The fraction of sp³-hybridized carbons (Fsp3) is 0.567. The number of carbonyl (C=O) groups excluding carboxylic acids is 1. The van der Waals surface area contributed by atoms with Gasteiger partial charge in [-0.15, -0.1) is 0 Å². The summed E-state index contributed by atoms with van der Waals surface area (Å²) in [5, 5.41) is 19.3. The summed E-state index contributed by atoms with van der Waals surface area (Å²) < 4.78 is 12.6. The van der Waals surface area contributed by atoms with E-state index in [1.165, 1.54) is 21.9 Å². The van der Waals surface area contributed by atoms with Crippen molar-refractivity contribution >= 4 is 5.78 Å². The van der Waals surface area contributed by atoms with Crippen molar-refractivity contribution in [3.8, 4) is 17.6 Å². The molecule has 2 aromatic rings. The molecule has 1 saturated heterocycles. The summed E-state index contributed by atoms with van der Waals surface area (Å²) in [6.07, 6.45) is 4.82. The second-order valence-electron chi connectivity index (χ2n) is 11.6. The third-order valence-electron chi connectivity index (χ3n) is 9.60. The van der Waals surface area contributed by atoms with Crippen molar-refractivity contribution < 1.29 is 24.5 Å². The van der Waals surface area contributed by atoms with E-state index in [0.29, 0.717) is 23.5 Å². The molecule has 0 bridgehead atoms. The van der Waals surface area contributed by atoms with Gasteiger partial charge >= 0.3 is 5.69 Å². The Morgan fingerprint density at radius 3 is 2.85 bits per heavy atom. The molecule has 1 aromatic carbocycles. The van der Waals surface area contributed by atoms with Gasteiger partial charge in [0, 0.05) is 24.5 Å². The van der Waals surface area contributed by atoms with E-state index in [4.69, 9.17) is 9.47 Å². The van der Waals surface area contributed by atoms with Crippen LogP contribution < -0.4 is 16.0 Å². The molecule has 3 fully saturated rings. The number of nitrogens with zero attached hydrogens (tertiary/aromatic N) is 1. The third-order valence-corrected chi connectivity index (χ3v) is 9.60. The summed E-state index contributed by atoms with van der Waals surface area (Å²) in [5.41, 5.74) is 1.37. The van der Waals surface area contributed by atoms with Crippen molar-refractivity contribution in [1.29, 1.82) is 0 Å². The first kappa shape index (κ1) is 26.1. The number of rotatable bonds is 4. The number of ether oxygens (including phenoxy) is 2. The number of carbonyl (C=O) groups is 1. The van der Waals surface area contributed by atoms with Crippen LogP contribution in [-0.4, -0.2) is 51.0 Å². The molecule has 9 nitrogen and oxygen atoms in total. The van der Waals surface area contributed by atoms with Gasteiger partial charge in [0.05, 0.1) is 12.7 Å². The topological polar surface area (TPSA) is 131 Å². The molecule has 6 rings (SSSR count). The van der Waals surface area contributed by atoms with Crippen molar-refractivity contribution in [3.63, 3.8) is 0 Å². The Morgan fingerprint density at radius 2 is 2.05 bits per heavy atom. The minimum atomic E-state index is -0.908. The summed E-state index contributed by atoms with van der Waals surface area (Å²) in [6.45, 7) is 1.89. The summed E-state index contributed by atoms with van der Waals surface area (Å²) in [4.78, 5) is 39.4. The van der Waals surface area contributed by atoms with Crippen LogP contribution in [0.1, 0.15) is 74.3 Å². The van der Waals surface area contributed by atoms with E-state index in [0.717, 1.165) is 44.3 Å². The number of aliphatic hydroxyl groups excluding tert-OH is 2. The zero-order valence-corrected chi connectivity index (χ0v) is 22.0. The lowest BCUT2D eigenvalue weighted by molar-refractivity contribution is -0.129. The molecule has 0 radical (unpaired) electrons. The Morgan fingerprint density at radius 1 is 1.21 bits per heavy atom. The smallest absolute Gasteiger partial charge is 0.330 e. The number of aliphatic hydroxyl groups is 2. The number of aromatic amines is 1. The maximum atomic E-state index is 12.6. The molecule has 0 unspecified atom stereocenters. The SMILES string of the molecule is C[C@]12CC[C@@H]3c4ccc(OCC#Cc5cn([C@H]6C[C@H](O)[C@@H](CO)O6)c(=O)[nH]c5=O)cc4CC[C@H]3[C@@H]1CCC2=O. The predicted molar refractivity (Wildman–Crippen MR) is 141 cm³/mol. The van der Waals surface area contributed by atoms with E-state index in [9.17, 15) is 24.6 Å². The number of aromatic nitrogens is 2. The molecular formula is C30H34N2O7. The number of benzene rings is 1. The van der Waals surface area contributed by atoms with Gasteiger partial charge in [0.2, 0.25) is 0 Å². The summed E-state index contributed by atoms with van der Waals surface area (Å²) in [6, 6.07) is 6.24. The second-order valence-corrected chi connectivity index (χ2v) is 11.6. The van der Waals surface area contributed by atoms with Gasteiger partial charge in [-0.1, -0.05) is 24.8 Å². The number of Topliss-reactive ketones (excluding diaryl/α,β-unsaturated/α-hetero) is 1. The first-order valence-electron chi connectivity index (χ1n) is 13.9. The molecule has 3 N–H and O–H groups in total. The summed E-state index contributed by atoms with van der Waals surface area (Å²) in [5.74, 6) is 8.38. The average Bonchev–Trinajstić information content (AvgIpc) is 3.45. The highest BCUT2D eigenvalue weighted by atomic mass is 16.5. The number of hydrogen-bond acceptors (Lipinski definition) is 7. The Labute approximate surface area is 226 Å². The van der Waals surface area contributed by atoms with E-state index in [1.807, 2.05) is 6.07 Å². The van der Waals surface area contributed by atoms with Gasteiger partial charge in [-0.2, -0.15) is 0 Å². The molecule has 9 heteroatoms. The normalized spacial score (nSPS) is 33.1. The average molecular weight is 535 g/mol. The number of H-pyrrole nitrogens is 1. The summed E-state index contributed by atoms with van der Waals surface area (Å²) in [7, 11) is 0. The van der Waals surface area contributed by atoms with Crippen LogP contribution in [0.3, 0.4) is 0 Å². The number of hydrogen-bond donors (Lipinski definition) is 3. The third kappa shape index (κ3) is 4.54. The Kier molecular flexibility index (Phi) is 6.74. The van der Waals surface area contributed by atoms with Crippen molar-refractivity contribution in [2.24, 2.45) is 17.3 Å². The molecule has 4 aliphatic rings. The lowest BCUT2D eigenvalue weighted by Crippen LogP contribution is -2.42. The van der Waals surface area contributed by atoms with Gasteiger partial charge in [-0.3, -0.25) is 19.1 Å². The highest BCUT2D eigenvalue weighted by molar-refractivity contribution is 5.87. The van der Waals surface area contributed by atoms with Crippen molar-refractivity contribution in [1.82, 2.24) is 9.55 Å². The van der Waals surface area contributed by atoms with Crippen LogP contribution in [0.2, 0.25) is 0 Å². The molecule has 1 aliphatic heterocycles. The second kappa shape index (κ2) is 10.1. The Balaban J connectivity index is 1.13. The molecule has 3 aliphatic carbocycles. The molecular weight excluding hydrogens is 500 g/mol. The molecule has 0 amide bonds. The van der Waals surface area contributed by atoms with Crippen LogP contribution in [0.15, 0.2) is 34.0 Å². The van der Waals surface area contributed by atoms with Crippen LogP contribution in [-0.2, 0) is 16.0 Å². The predicted octanol–water partition coefficient (Wildman–Crippen LogP) is 2.03. The van der Waals surface area contributed by atoms with Crippen LogP contribution >= 0.6 is 0 Å². The highest BCUT2D eigenvalue weighted by Gasteiger charge is 2.54. The van der Waals surface area contributed by atoms with E-state index < -0.39 is 29.7 Å². The fourth-order valence-electron chi connectivity index (χ4n) is 7.51. The number of ketones is 1. The molecule has 2 saturated carbocycles. The lowest BCUT2D eigenvalue weighted by atomic mass is 9.55. The Hall–Kier alpha value is -3.19. The van der Waals surface area contributed by atoms with E-state index >= 15 is 0 Å². The van der Waals surface area contributed by atoms with Gasteiger partial charge in [0.25, 0.3) is 5.56 Å². The minimum absolute atomic E-state index is 0.0666. The van der Waals surface area contributed by atoms with E-state index in [2.05, 4.69) is 35.9 Å². The maximum absolute atomic E-state index is 12.6. The van der Waals surface area contributed by atoms with Crippen LogP contribution in [0.4, 0.5) is 0 Å². The zero-order chi connectivity index (χ0) is 27.3. The quantitative estimate of drug-likeness (QED) is 0.512. The highest BCUT2D eigenvalue weighted by Crippen LogP contribution is 2.59. The molecule has 7 atom stereocenters. The molecule has 1 aromatic heterocycles. The zero-order valence-electron chi connectivity index (χ0n) is 22.0. The first-order chi connectivity index (χ1) is 18.8. The minimum Gasteiger partial charge on any atom is -0.481 e. The number of nitrogens with one attached hydrogen (secondary N) is 1. The van der Waals surface area contributed by atoms with Gasteiger partial charge in [-0.25, -0.2) is 4.79 Å². The Bertz CT molecular complexity index is 1470. The largest absolute Gasteiger partial charge is 0.481 e. The monoisotopic (exact) mass is 534 g/mol. The van der Waals surface area contributed by atoms with Gasteiger partial charge in [-0.05, 0) is 73.1 Å². The van der Waals surface area contributed by atoms with Crippen LogP contribution in [0.25, 0.3) is 0 Å². The molecule has 39 heavy (non-hydrogen) atoms. The van der Waals surface area contributed by atoms with Crippen LogP contribution in [0, 0.1) is 29.1 Å². The van der Waals surface area contributed by atoms with Gasteiger partial charge in [0.1, 0.15) is 36.0 Å². The molecule has 0 spiro atoms. The van der Waals surface area contributed by atoms with Crippen molar-refractivity contribution in [2.75, 3.05) is 13.2 Å². The van der Waals surface area contributed by atoms with Crippen molar-refractivity contribution in [2.45, 2.75) is 76.2 Å². The number of fused-ring (bicyclic) bond motifs is 5. The lowest BCUT2D eigenvalue weighted by Gasteiger charge is -2.48. The number of aryl methyl sites for hydroxylation is 1. The molecule has 2 heterocycles. The van der Waals surface area contributed by atoms with Crippen molar-refractivity contribution in [3.05, 3.63) is 61.9 Å². The maximum Gasteiger partial charge on any atom is 0.330 e. The van der Waals surface area contributed by atoms with E-state index in [-0.39, 0.29) is 30.6 Å². The standard InChI is InChI=1S/C30H34N2O7/c1-30-11-10-21-20-7-5-19(13-17(20)4-6-22(21)23(30)8-9-26(30)35)38-12-2-3-18-15-32(29(37)31-28(18)36)27-14-24(34)25(16-33)39-27/h5,7,13,15,21-25,27,33-34H,4,6,8-12,14,16H2,1H3,(H,31,36,37)/t21-,22-,23+,24+,25-,27-,30+/m1/s1. The van der Waals surface area contributed by atoms with Crippen LogP contribution in [0.5, 0.6) is 5.75 Å². The van der Waals surface area contributed by atoms with E-state index in [1.54, 1.807) is 0 Å². The fourth-order valence-corrected chi connectivity index (χ4v) is 7.51.